The number of ether oxygens (including phenoxy) is 1. The number of hydrogen-bond acceptors (Lipinski definition) is 6. The van der Waals surface area contributed by atoms with Crippen LogP contribution in [0.1, 0.15) is 18.4 Å². The van der Waals surface area contributed by atoms with Crippen LogP contribution in [0.4, 0.5) is 0 Å². The molecule has 23 heavy (non-hydrogen) atoms. The van der Waals surface area contributed by atoms with E-state index in [1.807, 2.05) is 0 Å². The van der Waals surface area contributed by atoms with E-state index in [-0.39, 0.29) is 18.7 Å². The zero-order valence-corrected chi connectivity index (χ0v) is 12.0. The number of nitrogens with one attached hydrogen (secondary N) is 2. The number of carboxylic acid groups (broad SMARTS) is 1. The largest absolute Gasteiger partial charge is 0.481 e. The van der Waals surface area contributed by atoms with E-state index in [9.17, 15) is 14.4 Å². The van der Waals surface area contributed by atoms with Crippen molar-refractivity contribution < 1.29 is 24.2 Å². The number of para-hydroxylation sites is 1. The summed E-state index contributed by atoms with van der Waals surface area (Å²) < 4.78 is 5.11. The summed E-state index contributed by atoms with van der Waals surface area (Å²) in [5.74, 6) is -1.42. The van der Waals surface area contributed by atoms with Crippen LogP contribution in [0.15, 0.2) is 34.5 Å². The minimum Gasteiger partial charge on any atom is -0.481 e. The summed E-state index contributed by atoms with van der Waals surface area (Å²) in [7, 11) is 0. The molecule has 1 aromatic rings. The highest BCUT2D eigenvalue weighted by molar-refractivity contribution is 6.11. The normalized spacial score (nSPS) is 13.6. The third-order valence-corrected chi connectivity index (χ3v) is 2.73. The second-order valence-corrected chi connectivity index (χ2v) is 4.58. The molecule has 120 valence electrons. The summed E-state index contributed by atoms with van der Waals surface area (Å²) in [6.45, 7) is -0.474. The van der Waals surface area contributed by atoms with Crippen LogP contribution >= 0.6 is 0 Å². The van der Waals surface area contributed by atoms with Gasteiger partial charge in [0.05, 0.1) is 24.8 Å². The number of nitrogens with zero attached hydrogens (tertiary/aromatic N) is 2. The molecule has 9 nitrogen and oxygen atoms in total. The zero-order chi connectivity index (χ0) is 16.7. The second kappa shape index (κ2) is 7.69. The van der Waals surface area contributed by atoms with Gasteiger partial charge in [0, 0.05) is 5.56 Å². The van der Waals surface area contributed by atoms with E-state index >= 15 is 0 Å². The van der Waals surface area contributed by atoms with Crippen molar-refractivity contribution >= 4 is 29.7 Å². The Morgan fingerprint density at radius 3 is 2.91 bits per heavy atom. The summed E-state index contributed by atoms with van der Waals surface area (Å²) in [5, 5.41) is 16.1. The molecular formula is C14H14N4O5. The molecule has 0 fully saturated rings. The first-order chi connectivity index (χ1) is 11.0. The lowest BCUT2D eigenvalue weighted by atomic mass is 10.2. The first-order valence-electron chi connectivity index (χ1n) is 6.64. The lowest BCUT2D eigenvalue weighted by molar-refractivity contribution is -0.139. The Kier molecular flexibility index (Phi) is 5.40. The van der Waals surface area contributed by atoms with Gasteiger partial charge in [-0.25, -0.2) is 15.6 Å². The van der Waals surface area contributed by atoms with Crippen molar-refractivity contribution in [3.8, 4) is 5.75 Å². The van der Waals surface area contributed by atoms with Gasteiger partial charge >= 0.3 is 5.97 Å². The van der Waals surface area contributed by atoms with Crippen LogP contribution < -0.4 is 15.6 Å². The molecule has 9 heteroatoms. The lowest BCUT2D eigenvalue weighted by Gasteiger charge is -2.06. The minimum atomic E-state index is -1.09. The Hall–Kier alpha value is -3.23. The minimum absolute atomic E-state index is 0.0345. The summed E-state index contributed by atoms with van der Waals surface area (Å²) in [5.41, 5.74) is 5.51. The highest BCUT2D eigenvalue weighted by atomic mass is 16.5. The number of rotatable bonds is 7. The smallest absolute Gasteiger partial charge is 0.341 e. The van der Waals surface area contributed by atoms with Gasteiger partial charge in [-0.3, -0.25) is 9.59 Å². The number of carbonyl (C=O) groups is 3. The van der Waals surface area contributed by atoms with Crippen molar-refractivity contribution in [3.63, 3.8) is 0 Å². The van der Waals surface area contributed by atoms with E-state index in [0.29, 0.717) is 17.0 Å². The molecule has 0 unspecified atom stereocenters. The third kappa shape index (κ3) is 5.23. The summed E-state index contributed by atoms with van der Waals surface area (Å²) in [6.07, 6.45) is 1.41. The van der Waals surface area contributed by atoms with Gasteiger partial charge in [0.25, 0.3) is 0 Å². The fourth-order valence-electron chi connectivity index (χ4n) is 1.76. The molecule has 0 bridgehead atoms. The Balaban J connectivity index is 1.88. The number of carbonyl (C=O) groups excluding carboxylic acids is 2. The number of hydrogen-bond donors (Lipinski definition) is 3. The molecule has 0 radical (unpaired) electrons. The summed E-state index contributed by atoms with van der Waals surface area (Å²) in [6, 6.07) is 6.67. The molecule has 0 spiro atoms. The van der Waals surface area contributed by atoms with Crippen LogP contribution in [0.5, 0.6) is 5.75 Å². The van der Waals surface area contributed by atoms with Crippen molar-refractivity contribution in [1.29, 1.82) is 0 Å². The zero-order valence-electron chi connectivity index (χ0n) is 12.0. The van der Waals surface area contributed by atoms with Gasteiger partial charge < -0.3 is 9.84 Å². The average Bonchev–Trinajstić information content (AvgIpc) is 2.91. The van der Waals surface area contributed by atoms with Gasteiger partial charge in [0.2, 0.25) is 11.8 Å². The topological polar surface area (TPSA) is 129 Å². The number of hydrazone groups is 2. The summed E-state index contributed by atoms with van der Waals surface area (Å²) >= 11 is 0. The fraction of sp³-hybridized carbons (Fsp3) is 0.214. The average molecular weight is 318 g/mol. The van der Waals surface area contributed by atoms with Crippen molar-refractivity contribution in [2.24, 2.45) is 10.2 Å². The number of aliphatic carboxylic acids is 1. The molecule has 2 amide bonds. The van der Waals surface area contributed by atoms with Crippen LogP contribution in [0.2, 0.25) is 0 Å². The van der Waals surface area contributed by atoms with Gasteiger partial charge in [0.15, 0.2) is 6.61 Å². The third-order valence-electron chi connectivity index (χ3n) is 2.73. The highest BCUT2D eigenvalue weighted by Gasteiger charge is 2.17. The monoisotopic (exact) mass is 318 g/mol. The van der Waals surface area contributed by atoms with E-state index in [2.05, 4.69) is 21.1 Å². The van der Waals surface area contributed by atoms with Crippen molar-refractivity contribution in [2.45, 2.75) is 12.8 Å². The van der Waals surface area contributed by atoms with Crippen LogP contribution in [0.25, 0.3) is 0 Å². The molecular weight excluding hydrogens is 304 g/mol. The predicted octanol–water partition coefficient (Wildman–Crippen LogP) is -0.134. The molecule has 0 saturated heterocycles. The van der Waals surface area contributed by atoms with Crippen molar-refractivity contribution in [1.82, 2.24) is 10.9 Å². The molecule has 1 aliphatic heterocycles. The van der Waals surface area contributed by atoms with E-state index in [0.717, 1.165) is 0 Å². The summed E-state index contributed by atoms with van der Waals surface area (Å²) in [4.78, 5) is 33.1. The Morgan fingerprint density at radius 1 is 1.43 bits per heavy atom. The fourth-order valence-corrected chi connectivity index (χ4v) is 1.76. The second-order valence-electron chi connectivity index (χ2n) is 4.58. The molecule has 0 saturated carbocycles. The van der Waals surface area contributed by atoms with E-state index in [4.69, 9.17) is 9.84 Å². The van der Waals surface area contributed by atoms with Crippen molar-refractivity contribution in [2.75, 3.05) is 6.61 Å². The standard InChI is InChI=1S/C14H14N4O5/c19-12(5-10-6-13(20)18-16-10)17-15-7-9-3-1-2-4-11(9)23-8-14(21)22/h1-4,7H,5-6,8H2,(H,17,19)(H,18,20)(H,21,22). The molecule has 1 aliphatic rings. The van der Waals surface area contributed by atoms with Gasteiger partial charge in [0.1, 0.15) is 5.75 Å². The lowest BCUT2D eigenvalue weighted by Crippen LogP contribution is -2.20. The van der Waals surface area contributed by atoms with Gasteiger partial charge in [-0.2, -0.15) is 10.2 Å². The molecule has 0 aliphatic carbocycles. The first kappa shape index (κ1) is 16.1. The molecule has 0 aromatic heterocycles. The highest BCUT2D eigenvalue weighted by Crippen LogP contribution is 2.15. The number of benzene rings is 1. The van der Waals surface area contributed by atoms with Crippen LogP contribution in [0.3, 0.4) is 0 Å². The molecule has 1 heterocycles. The predicted molar refractivity (Wildman–Crippen MR) is 80.1 cm³/mol. The van der Waals surface area contributed by atoms with E-state index < -0.39 is 18.5 Å². The number of carboxylic acids is 1. The quantitative estimate of drug-likeness (QED) is 0.476. The Morgan fingerprint density at radius 2 is 2.22 bits per heavy atom. The molecule has 3 N–H and O–H groups in total. The first-order valence-corrected chi connectivity index (χ1v) is 6.64. The van der Waals surface area contributed by atoms with Crippen molar-refractivity contribution in [3.05, 3.63) is 29.8 Å². The maximum atomic E-state index is 11.6. The maximum Gasteiger partial charge on any atom is 0.341 e. The Labute approximate surface area is 131 Å². The van der Waals surface area contributed by atoms with Gasteiger partial charge in [-0.1, -0.05) is 12.1 Å². The SMILES string of the molecule is O=C(O)COc1ccccc1C=NNC(=O)CC1=NNC(=O)C1. The maximum absolute atomic E-state index is 11.6. The van der Waals surface area contributed by atoms with E-state index in [1.165, 1.54) is 6.21 Å². The number of amides is 2. The van der Waals surface area contributed by atoms with Crippen LogP contribution in [0, 0.1) is 0 Å². The van der Waals surface area contributed by atoms with Crippen LogP contribution in [-0.4, -0.2) is 41.4 Å². The molecule has 2 rings (SSSR count). The molecule has 1 aromatic carbocycles. The van der Waals surface area contributed by atoms with E-state index in [1.54, 1.807) is 24.3 Å². The van der Waals surface area contributed by atoms with Gasteiger partial charge in [-0.15, -0.1) is 0 Å². The molecule has 0 atom stereocenters. The Bertz CT molecular complexity index is 684. The van der Waals surface area contributed by atoms with Gasteiger partial charge in [-0.05, 0) is 12.1 Å². The van der Waals surface area contributed by atoms with Crippen LogP contribution in [-0.2, 0) is 14.4 Å².